The molecule has 0 aromatic rings. The zero-order valence-corrected chi connectivity index (χ0v) is 8.95. The molecule has 2 atom stereocenters. The number of hydrogen-bond donors (Lipinski definition) is 2. The molecule has 0 rings (SSSR count). The molecule has 0 saturated heterocycles. The van der Waals surface area contributed by atoms with E-state index in [1.807, 2.05) is 13.8 Å². The van der Waals surface area contributed by atoms with Crippen molar-refractivity contribution >= 4 is 11.8 Å². The monoisotopic (exact) mass is 200 g/mol. The molecular weight excluding hydrogens is 180 g/mol. The summed E-state index contributed by atoms with van der Waals surface area (Å²) in [5.41, 5.74) is 10.5. The summed E-state index contributed by atoms with van der Waals surface area (Å²) >= 11 is 0. The summed E-state index contributed by atoms with van der Waals surface area (Å²) in [6.45, 7) is 3.88. The zero-order valence-electron chi connectivity index (χ0n) is 8.95. The molecule has 0 aliphatic rings. The fraction of sp³-hybridized carbons (Fsp3) is 0.800. The molecular formula is C10H20N2O2. The topological polar surface area (TPSA) is 86.2 Å². The van der Waals surface area contributed by atoms with Gasteiger partial charge in [-0.05, 0) is 12.8 Å². The molecule has 0 radical (unpaired) electrons. The molecule has 0 bridgehead atoms. The Labute approximate surface area is 85.0 Å². The van der Waals surface area contributed by atoms with Crippen LogP contribution in [0.5, 0.6) is 0 Å². The van der Waals surface area contributed by atoms with Gasteiger partial charge in [0.25, 0.3) is 0 Å². The molecule has 0 aliphatic heterocycles. The quantitative estimate of drug-likeness (QED) is 0.636. The third kappa shape index (κ3) is 3.77. The van der Waals surface area contributed by atoms with E-state index in [0.29, 0.717) is 12.8 Å². The molecule has 4 N–H and O–H groups in total. The first-order valence-corrected chi connectivity index (χ1v) is 5.13. The molecule has 0 heterocycles. The lowest BCUT2D eigenvalue weighted by molar-refractivity contribution is -0.131. The molecule has 2 unspecified atom stereocenters. The van der Waals surface area contributed by atoms with Gasteiger partial charge in [0.2, 0.25) is 11.8 Å². The SMILES string of the molecule is CCCCC(C(N)=O)C(CC)C(N)=O. The van der Waals surface area contributed by atoms with E-state index in [9.17, 15) is 9.59 Å². The Morgan fingerprint density at radius 2 is 1.57 bits per heavy atom. The van der Waals surface area contributed by atoms with E-state index in [1.165, 1.54) is 0 Å². The van der Waals surface area contributed by atoms with Crippen LogP contribution in [0.3, 0.4) is 0 Å². The van der Waals surface area contributed by atoms with E-state index in [2.05, 4.69) is 0 Å². The lowest BCUT2D eigenvalue weighted by Crippen LogP contribution is -2.37. The van der Waals surface area contributed by atoms with Crippen molar-refractivity contribution in [1.29, 1.82) is 0 Å². The van der Waals surface area contributed by atoms with E-state index >= 15 is 0 Å². The van der Waals surface area contributed by atoms with Crippen molar-refractivity contribution in [3.05, 3.63) is 0 Å². The Hall–Kier alpha value is -1.06. The summed E-state index contributed by atoms with van der Waals surface area (Å²) in [5.74, 6) is -1.63. The molecule has 14 heavy (non-hydrogen) atoms. The first kappa shape index (κ1) is 12.9. The Bertz CT molecular complexity index is 204. The van der Waals surface area contributed by atoms with Crippen LogP contribution in [0.4, 0.5) is 0 Å². The van der Waals surface area contributed by atoms with Gasteiger partial charge in [-0.15, -0.1) is 0 Å². The van der Waals surface area contributed by atoms with Crippen LogP contribution in [0.2, 0.25) is 0 Å². The number of carbonyl (C=O) groups excluding carboxylic acids is 2. The normalized spacial score (nSPS) is 14.7. The standard InChI is InChI=1S/C10H20N2O2/c1-3-5-6-8(10(12)14)7(4-2)9(11)13/h7-8H,3-6H2,1-2H3,(H2,11,13)(H2,12,14). The predicted molar refractivity (Wildman–Crippen MR) is 55.2 cm³/mol. The number of rotatable bonds is 7. The van der Waals surface area contributed by atoms with E-state index in [4.69, 9.17) is 11.5 Å². The second-order valence-corrected chi connectivity index (χ2v) is 3.57. The second-order valence-electron chi connectivity index (χ2n) is 3.57. The average Bonchev–Trinajstić information content (AvgIpc) is 2.10. The average molecular weight is 200 g/mol. The zero-order chi connectivity index (χ0) is 11.1. The molecule has 4 heteroatoms. The number of nitrogens with two attached hydrogens (primary N) is 2. The van der Waals surface area contributed by atoms with Crippen molar-refractivity contribution in [2.24, 2.45) is 23.3 Å². The van der Waals surface area contributed by atoms with Crippen LogP contribution in [0.1, 0.15) is 39.5 Å². The summed E-state index contributed by atoms with van der Waals surface area (Å²) in [6, 6.07) is 0. The third-order valence-corrected chi connectivity index (χ3v) is 2.53. The minimum Gasteiger partial charge on any atom is -0.369 e. The van der Waals surface area contributed by atoms with Crippen molar-refractivity contribution in [2.45, 2.75) is 39.5 Å². The van der Waals surface area contributed by atoms with Gasteiger partial charge in [0.05, 0.1) is 0 Å². The molecule has 0 aromatic heterocycles. The van der Waals surface area contributed by atoms with Crippen molar-refractivity contribution in [3.63, 3.8) is 0 Å². The number of hydrogen-bond acceptors (Lipinski definition) is 2. The smallest absolute Gasteiger partial charge is 0.221 e. The number of carbonyl (C=O) groups is 2. The maximum absolute atomic E-state index is 11.1. The molecule has 0 saturated carbocycles. The Kier molecular flexibility index (Phi) is 5.92. The van der Waals surface area contributed by atoms with E-state index < -0.39 is 23.7 Å². The summed E-state index contributed by atoms with van der Waals surface area (Å²) in [4.78, 5) is 22.2. The van der Waals surface area contributed by atoms with E-state index in [-0.39, 0.29) is 0 Å². The van der Waals surface area contributed by atoms with Gasteiger partial charge in [0, 0.05) is 11.8 Å². The minimum atomic E-state index is -0.424. The van der Waals surface area contributed by atoms with Crippen molar-refractivity contribution < 1.29 is 9.59 Å². The highest BCUT2D eigenvalue weighted by Gasteiger charge is 2.28. The van der Waals surface area contributed by atoms with Gasteiger partial charge in [-0.2, -0.15) is 0 Å². The number of primary amides is 2. The van der Waals surface area contributed by atoms with E-state index in [1.54, 1.807) is 0 Å². The van der Waals surface area contributed by atoms with Gasteiger partial charge in [0.1, 0.15) is 0 Å². The maximum Gasteiger partial charge on any atom is 0.221 e. The number of amides is 2. The molecule has 0 aliphatic carbocycles. The molecule has 0 fully saturated rings. The van der Waals surface area contributed by atoms with Gasteiger partial charge in [0.15, 0.2) is 0 Å². The van der Waals surface area contributed by atoms with Crippen LogP contribution >= 0.6 is 0 Å². The van der Waals surface area contributed by atoms with Crippen LogP contribution < -0.4 is 11.5 Å². The van der Waals surface area contributed by atoms with Crippen LogP contribution in [0, 0.1) is 11.8 Å². The van der Waals surface area contributed by atoms with Crippen LogP contribution in [-0.4, -0.2) is 11.8 Å². The Morgan fingerprint density at radius 1 is 1.07 bits per heavy atom. The second kappa shape index (κ2) is 6.40. The summed E-state index contributed by atoms with van der Waals surface area (Å²) in [6.07, 6.45) is 3.12. The Balaban J connectivity index is 4.44. The minimum absolute atomic E-state index is 0.391. The first-order chi connectivity index (χ1) is 6.54. The van der Waals surface area contributed by atoms with Crippen LogP contribution in [0.25, 0.3) is 0 Å². The third-order valence-electron chi connectivity index (χ3n) is 2.53. The van der Waals surface area contributed by atoms with E-state index in [0.717, 1.165) is 12.8 Å². The van der Waals surface area contributed by atoms with Gasteiger partial charge in [-0.1, -0.05) is 26.7 Å². The maximum atomic E-state index is 11.1. The fourth-order valence-corrected chi connectivity index (χ4v) is 1.65. The van der Waals surface area contributed by atoms with Gasteiger partial charge >= 0.3 is 0 Å². The van der Waals surface area contributed by atoms with Crippen molar-refractivity contribution in [2.75, 3.05) is 0 Å². The van der Waals surface area contributed by atoms with Crippen molar-refractivity contribution in [1.82, 2.24) is 0 Å². The van der Waals surface area contributed by atoms with Crippen LogP contribution in [0.15, 0.2) is 0 Å². The highest BCUT2D eigenvalue weighted by molar-refractivity contribution is 5.85. The molecule has 2 amide bonds. The summed E-state index contributed by atoms with van der Waals surface area (Å²) < 4.78 is 0. The van der Waals surface area contributed by atoms with Gasteiger partial charge in [-0.25, -0.2) is 0 Å². The summed E-state index contributed by atoms with van der Waals surface area (Å²) in [7, 11) is 0. The summed E-state index contributed by atoms with van der Waals surface area (Å²) in [5, 5.41) is 0. The fourth-order valence-electron chi connectivity index (χ4n) is 1.65. The molecule has 82 valence electrons. The largest absolute Gasteiger partial charge is 0.369 e. The molecule has 0 spiro atoms. The highest BCUT2D eigenvalue weighted by atomic mass is 16.2. The number of unbranched alkanes of at least 4 members (excludes halogenated alkanes) is 1. The van der Waals surface area contributed by atoms with Gasteiger partial charge in [-0.3, -0.25) is 9.59 Å². The lowest BCUT2D eigenvalue weighted by Gasteiger charge is -2.20. The molecule has 4 nitrogen and oxygen atoms in total. The van der Waals surface area contributed by atoms with Gasteiger partial charge < -0.3 is 11.5 Å². The molecule has 0 aromatic carbocycles. The predicted octanol–water partition coefficient (Wildman–Crippen LogP) is 0.790. The van der Waals surface area contributed by atoms with Crippen LogP contribution in [-0.2, 0) is 9.59 Å². The van der Waals surface area contributed by atoms with Crippen molar-refractivity contribution in [3.8, 4) is 0 Å². The highest BCUT2D eigenvalue weighted by Crippen LogP contribution is 2.21. The lowest BCUT2D eigenvalue weighted by atomic mass is 9.85. The Morgan fingerprint density at radius 3 is 1.86 bits per heavy atom. The first-order valence-electron chi connectivity index (χ1n) is 5.13.